The molecule has 0 spiro atoms. The first-order valence-electron chi connectivity index (χ1n) is 7.04. The van der Waals surface area contributed by atoms with Crippen LogP contribution in [0.25, 0.3) is 0 Å². The van der Waals surface area contributed by atoms with Gasteiger partial charge in [-0.3, -0.25) is 0 Å². The van der Waals surface area contributed by atoms with E-state index in [-0.39, 0.29) is 12.1 Å². The van der Waals surface area contributed by atoms with Crippen molar-refractivity contribution in [1.82, 2.24) is 10.6 Å². The van der Waals surface area contributed by atoms with Crippen LogP contribution < -0.4 is 10.6 Å². The number of carbonyl (C=O) groups excluding carboxylic acids is 1. The van der Waals surface area contributed by atoms with E-state index in [2.05, 4.69) is 24.5 Å². The number of alkyl carbamates (subject to hydrolysis) is 1. The quantitative estimate of drug-likeness (QED) is 0.768. The number of carbonyl (C=O) groups is 1. The molecule has 4 heteroatoms. The maximum absolute atomic E-state index is 11.5. The van der Waals surface area contributed by atoms with Gasteiger partial charge in [0.25, 0.3) is 0 Å². The second-order valence-corrected chi connectivity index (χ2v) is 6.40. The Hall–Kier alpha value is -0.770. The highest BCUT2D eigenvalue weighted by atomic mass is 16.6. The molecule has 0 aromatic rings. The van der Waals surface area contributed by atoms with Crippen LogP contribution in [0, 0.1) is 5.92 Å². The predicted molar refractivity (Wildman–Crippen MR) is 73.6 cm³/mol. The van der Waals surface area contributed by atoms with E-state index < -0.39 is 5.60 Å². The lowest BCUT2D eigenvalue weighted by Gasteiger charge is -2.19. The van der Waals surface area contributed by atoms with Crippen LogP contribution in [0.4, 0.5) is 4.79 Å². The van der Waals surface area contributed by atoms with Crippen LogP contribution in [-0.2, 0) is 4.74 Å². The van der Waals surface area contributed by atoms with Crippen molar-refractivity contribution >= 4 is 6.09 Å². The predicted octanol–water partition coefficient (Wildman–Crippen LogP) is 2.68. The Balaban J connectivity index is 2.12. The molecule has 0 aromatic carbocycles. The molecule has 3 atom stereocenters. The lowest BCUT2D eigenvalue weighted by atomic mass is 10.1. The van der Waals surface area contributed by atoms with E-state index in [4.69, 9.17) is 4.74 Å². The molecular formula is C14H28N2O2. The third kappa shape index (κ3) is 6.24. The molecule has 0 heterocycles. The van der Waals surface area contributed by atoms with Crippen LogP contribution in [0.3, 0.4) is 0 Å². The molecular weight excluding hydrogens is 228 g/mol. The molecule has 1 rings (SSSR count). The van der Waals surface area contributed by atoms with Crippen molar-refractivity contribution in [3.63, 3.8) is 0 Å². The summed E-state index contributed by atoms with van der Waals surface area (Å²) in [5, 5.41) is 6.38. The van der Waals surface area contributed by atoms with Crippen LogP contribution in [0.5, 0.6) is 0 Å². The molecule has 0 aromatic heterocycles. The van der Waals surface area contributed by atoms with Gasteiger partial charge in [-0.1, -0.05) is 20.3 Å². The molecule has 1 amide bonds. The van der Waals surface area contributed by atoms with E-state index in [9.17, 15) is 4.79 Å². The minimum Gasteiger partial charge on any atom is -0.444 e. The van der Waals surface area contributed by atoms with Gasteiger partial charge in [0.2, 0.25) is 0 Å². The largest absolute Gasteiger partial charge is 0.444 e. The van der Waals surface area contributed by atoms with Crippen molar-refractivity contribution in [1.29, 1.82) is 0 Å². The fourth-order valence-electron chi connectivity index (χ4n) is 1.99. The normalized spacial score (nSPS) is 24.5. The fraction of sp³-hybridized carbons (Fsp3) is 0.929. The summed E-state index contributed by atoms with van der Waals surface area (Å²) in [5.74, 6) is 0.706. The van der Waals surface area contributed by atoms with Crippen LogP contribution in [-0.4, -0.2) is 30.3 Å². The summed E-state index contributed by atoms with van der Waals surface area (Å²) >= 11 is 0. The fourth-order valence-corrected chi connectivity index (χ4v) is 1.99. The average molecular weight is 256 g/mol. The van der Waals surface area contributed by atoms with Crippen LogP contribution >= 0.6 is 0 Å². The molecule has 1 aliphatic carbocycles. The Kier molecular flexibility index (Phi) is 5.45. The highest BCUT2D eigenvalue weighted by Crippen LogP contribution is 2.22. The number of hydrogen-bond donors (Lipinski definition) is 2. The van der Waals surface area contributed by atoms with Gasteiger partial charge in [-0.25, -0.2) is 4.79 Å². The standard InChI is InChI=1S/C14H28N2O2/c1-6-7-10(2)9-15-11-8-12(11)16-13(17)18-14(3,4)5/h10-12,15H,6-9H2,1-5H3,(H,16,17). The maximum Gasteiger partial charge on any atom is 0.407 e. The van der Waals surface area contributed by atoms with Gasteiger partial charge in [-0.2, -0.15) is 0 Å². The summed E-state index contributed by atoms with van der Waals surface area (Å²) in [6.45, 7) is 11.1. The van der Waals surface area contributed by atoms with E-state index in [1.807, 2.05) is 20.8 Å². The molecule has 3 unspecified atom stereocenters. The van der Waals surface area contributed by atoms with Gasteiger partial charge in [0, 0.05) is 12.1 Å². The lowest BCUT2D eigenvalue weighted by Crippen LogP contribution is -2.37. The average Bonchev–Trinajstić information content (AvgIpc) is 2.90. The SMILES string of the molecule is CCCC(C)CNC1CC1NC(=O)OC(C)(C)C. The van der Waals surface area contributed by atoms with E-state index in [0.717, 1.165) is 13.0 Å². The Morgan fingerprint density at radius 3 is 2.61 bits per heavy atom. The van der Waals surface area contributed by atoms with Crippen molar-refractivity contribution in [2.75, 3.05) is 6.54 Å². The molecule has 106 valence electrons. The first-order chi connectivity index (χ1) is 8.31. The first kappa shape index (κ1) is 15.3. The topological polar surface area (TPSA) is 50.4 Å². The summed E-state index contributed by atoms with van der Waals surface area (Å²) in [7, 11) is 0. The Labute approximate surface area is 111 Å². The number of ether oxygens (including phenoxy) is 1. The van der Waals surface area contributed by atoms with E-state index in [1.165, 1.54) is 12.8 Å². The van der Waals surface area contributed by atoms with Crippen LogP contribution in [0.1, 0.15) is 53.9 Å². The summed E-state index contributed by atoms with van der Waals surface area (Å²) in [6.07, 6.45) is 3.19. The number of amides is 1. The summed E-state index contributed by atoms with van der Waals surface area (Å²) in [6, 6.07) is 0.672. The first-order valence-corrected chi connectivity index (χ1v) is 7.04. The molecule has 0 aliphatic heterocycles. The summed E-state index contributed by atoms with van der Waals surface area (Å²) in [5.41, 5.74) is -0.419. The Morgan fingerprint density at radius 2 is 2.06 bits per heavy atom. The lowest BCUT2D eigenvalue weighted by molar-refractivity contribution is 0.0522. The Morgan fingerprint density at radius 1 is 1.39 bits per heavy atom. The van der Waals surface area contributed by atoms with Crippen LogP contribution in [0.2, 0.25) is 0 Å². The number of nitrogens with one attached hydrogen (secondary N) is 2. The van der Waals surface area contributed by atoms with Gasteiger partial charge in [0.1, 0.15) is 5.60 Å². The van der Waals surface area contributed by atoms with Gasteiger partial charge in [0.15, 0.2) is 0 Å². The summed E-state index contributed by atoms with van der Waals surface area (Å²) < 4.78 is 5.22. The zero-order valence-corrected chi connectivity index (χ0v) is 12.4. The van der Waals surface area contributed by atoms with Crippen molar-refractivity contribution in [2.24, 2.45) is 5.92 Å². The second kappa shape index (κ2) is 6.41. The van der Waals surface area contributed by atoms with Crippen LogP contribution in [0.15, 0.2) is 0 Å². The molecule has 18 heavy (non-hydrogen) atoms. The van der Waals surface area contributed by atoms with Gasteiger partial charge in [-0.05, 0) is 46.1 Å². The Bertz CT molecular complexity index is 273. The molecule has 0 saturated heterocycles. The van der Waals surface area contributed by atoms with Crippen molar-refractivity contribution in [2.45, 2.75) is 71.6 Å². The maximum atomic E-state index is 11.5. The zero-order valence-electron chi connectivity index (χ0n) is 12.4. The summed E-state index contributed by atoms with van der Waals surface area (Å²) in [4.78, 5) is 11.5. The van der Waals surface area contributed by atoms with Gasteiger partial charge < -0.3 is 15.4 Å². The number of rotatable bonds is 6. The molecule has 0 bridgehead atoms. The number of hydrogen-bond acceptors (Lipinski definition) is 3. The minimum atomic E-state index is -0.419. The molecule has 1 aliphatic rings. The third-order valence-corrected chi connectivity index (χ3v) is 3.00. The van der Waals surface area contributed by atoms with E-state index in [0.29, 0.717) is 12.0 Å². The van der Waals surface area contributed by atoms with Crippen molar-refractivity contribution < 1.29 is 9.53 Å². The van der Waals surface area contributed by atoms with Gasteiger partial charge >= 0.3 is 6.09 Å². The molecule has 2 N–H and O–H groups in total. The van der Waals surface area contributed by atoms with Gasteiger partial charge in [-0.15, -0.1) is 0 Å². The zero-order chi connectivity index (χ0) is 13.8. The molecule has 0 radical (unpaired) electrons. The van der Waals surface area contributed by atoms with Gasteiger partial charge in [0.05, 0.1) is 0 Å². The third-order valence-electron chi connectivity index (χ3n) is 3.00. The van der Waals surface area contributed by atoms with Crippen molar-refractivity contribution in [3.05, 3.63) is 0 Å². The highest BCUT2D eigenvalue weighted by Gasteiger charge is 2.38. The van der Waals surface area contributed by atoms with Crippen molar-refractivity contribution in [3.8, 4) is 0 Å². The molecule has 1 fully saturated rings. The smallest absolute Gasteiger partial charge is 0.407 e. The minimum absolute atomic E-state index is 0.244. The second-order valence-electron chi connectivity index (χ2n) is 6.40. The molecule has 1 saturated carbocycles. The highest BCUT2D eigenvalue weighted by molar-refractivity contribution is 5.68. The monoisotopic (exact) mass is 256 g/mol. The van der Waals surface area contributed by atoms with E-state index in [1.54, 1.807) is 0 Å². The molecule has 4 nitrogen and oxygen atoms in total. The van der Waals surface area contributed by atoms with E-state index >= 15 is 0 Å².